The first-order chi connectivity index (χ1) is 10.3. The minimum absolute atomic E-state index is 0.119. The molecule has 2 aromatic carbocycles. The molecule has 0 saturated heterocycles. The topological polar surface area (TPSA) is 26.3 Å². The van der Waals surface area contributed by atoms with Crippen LogP contribution in [-0.2, 0) is 4.79 Å². The van der Waals surface area contributed by atoms with Gasteiger partial charge in [-0.3, -0.25) is 0 Å². The van der Waals surface area contributed by atoms with E-state index in [1.54, 1.807) is 0 Å². The lowest BCUT2D eigenvalue weighted by Crippen LogP contribution is -2.02. The van der Waals surface area contributed by atoms with Gasteiger partial charge in [-0.1, -0.05) is 55.8 Å². The number of unbranched alkanes of at least 4 members (excludes halogenated alkanes) is 1. The van der Waals surface area contributed by atoms with Crippen molar-refractivity contribution < 1.29 is 9.53 Å². The summed E-state index contributed by atoms with van der Waals surface area (Å²) >= 11 is 0. The molecule has 0 amide bonds. The minimum Gasteiger partial charge on any atom is -0.494 e. The maximum Gasteiger partial charge on any atom is 0.120 e. The number of benzene rings is 2. The molecule has 0 N–H and O–H groups in total. The molecule has 110 valence electrons. The van der Waals surface area contributed by atoms with Gasteiger partial charge in [0.05, 0.1) is 6.61 Å². The molecule has 0 heterocycles. The summed E-state index contributed by atoms with van der Waals surface area (Å²) in [6, 6.07) is 18.2. The van der Waals surface area contributed by atoms with Crippen LogP contribution < -0.4 is 4.74 Å². The predicted octanol–water partition coefficient (Wildman–Crippen LogP) is 4.59. The molecule has 21 heavy (non-hydrogen) atoms. The number of rotatable bonds is 8. The zero-order valence-electron chi connectivity index (χ0n) is 12.5. The van der Waals surface area contributed by atoms with Crippen molar-refractivity contribution in [3.05, 3.63) is 65.7 Å². The van der Waals surface area contributed by atoms with Crippen LogP contribution in [0.2, 0.25) is 0 Å². The monoisotopic (exact) mass is 282 g/mol. The lowest BCUT2D eigenvalue weighted by molar-refractivity contribution is -0.108. The standard InChI is InChI=1S/C19H22O2/c1-2-3-15-21-18-11-9-17(10-12-18)19(13-14-20)16-7-5-4-6-8-16/h4-12,14,19H,2-3,13,15H2,1H3. The van der Waals surface area contributed by atoms with Gasteiger partial charge in [-0.15, -0.1) is 0 Å². The Balaban J connectivity index is 2.12. The maximum absolute atomic E-state index is 11.0. The van der Waals surface area contributed by atoms with E-state index < -0.39 is 0 Å². The van der Waals surface area contributed by atoms with E-state index in [1.807, 2.05) is 30.3 Å². The molecule has 2 aromatic rings. The fourth-order valence-corrected chi connectivity index (χ4v) is 2.38. The van der Waals surface area contributed by atoms with E-state index >= 15 is 0 Å². The lowest BCUT2D eigenvalue weighted by Gasteiger charge is -2.16. The molecular weight excluding hydrogens is 260 g/mol. The smallest absolute Gasteiger partial charge is 0.120 e. The average Bonchev–Trinajstić information content (AvgIpc) is 2.54. The molecule has 0 fully saturated rings. The molecule has 0 saturated carbocycles. The van der Waals surface area contributed by atoms with Gasteiger partial charge in [0.1, 0.15) is 12.0 Å². The van der Waals surface area contributed by atoms with Gasteiger partial charge in [-0.2, -0.15) is 0 Å². The Labute approximate surface area is 126 Å². The minimum atomic E-state index is 0.119. The van der Waals surface area contributed by atoms with Crippen molar-refractivity contribution in [1.29, 1.82) is 0 Å². The second kappa shape index (κ2) is 8.25. The van der Waals surface area contributed by atoms with Crippen molar-refractivity contribution in [1.82, 2.24) is 0 Å². The van der Waals surface area contributed by atoms with E-state index in [9.17, 15) is 4.79 Å². The van der Waals surface area contributed by atoms with Gasteiger partial charge in [-0.25, -0.2) is 0 Å². The third-order valence-electron chi connectivity index (χ3n) is 3.58. The SMILES string of the molecule is CCCCOc1ccc(C(CC=O)c2ccccc2)cc1. The van der Waals surface area contributed by atoms with Gasteiger partial charge in [-0.05, 0) is 29.7 Å². The fourth-order valence-electron chi connectivity index (χ4n) is 2.38. The first kappa shape index (κ1) is 15.3. The summed E-state index contributed by atoms with van der Waals surface area (Å²) in [7, 11) is 0. The Hall–Kier alpha value is -2.09. The molecule has 0 aliphatic carbocycles. The van der Waals surface area contributed by atoms with Gasteiger partial charge in [0.15, 0.2) is 0 Å². The molecule has 0 aliphatic rings. The van der Waals surface area contributed by atoms with Crippen molar-refractivity contribution in [2.24, 2.45) is 0 Å². The third-order valence-corrected chi connectivity index (χ3v) is 3.58. The van der Waals surface area contributed by atoms with E-state index in [0.29, 0.717) is 6.42 Å². The zero-order chi connectivity index (χ0) is 14.9. The first-order valence-corrected chi connectivity index (χ1v) is 7.56. The highest BCUT2D eigenvalue weighted by atomic mass is 16.5. The van der Waals surface area contributed by atoms with E-state index in [0.717, 1.165) is 37.0 Å². The largest absolute Gasteiger partial charge is 0.494 e. The Bertz CT molecular complexity index is 531. The third kappa shape index (κ3) is 4.45. The highest BCUT2D eigenvalue weighted by Gasteiger charge is 2.13. The summed E-state index contributed by atoms with van der Waals surface area (Å²) in [5.74, 6) is 1.01. The highest BCUT2D eigenvalue weighted by Crippen LogP contribution is 2.28. The molecule has 2 rings (SSSR count). The highest BCUT2D eigenvalue weighted by molar-refractivity contribution is 5.54. The summed E-state index contributed by atoms with van der Waals surface area (Å²) in [6.45, 7) is 2.91. The second-order valence-electron chi connectivity index (χ2n) is 5.14. The number of hydrogen-bond acceptors (Lipinski definition) is 2. The predicted molar refractivity (Wildman–Crippen MR) is 85.8 cm³/mol. The van der Waals surface area contributed by atoms with Gasteiger partial charge in [0.2, 0.25) is 0 Å². The molecule has 0 aromatic heterocycles. The van der Waals surface area contributed by atoms with Crippen LogP contribution in [0.1, 0.15) is 43.2 Å². The van der Waals surface area contributed by atoms with Crippen molar-refractivity contribution in [2.75, 3.05) is 6.61 Å². The number of aldehydes is 1. The van der Waals surface area contributed by atoms with Crippen LogP contribution in [0.25, 0.3) is 0 Å². The quantitative estimate of drug-likeness (QED) is 0.523. The summed E-state index contributed by atoms with van der Waals surface area (Å²) in [5, 5.41) is 0. The second-order valence-corrected chi connectivity index (χ2v) is 5.14. The summed E-state index contributed by atoms with van der Waals surface area (Å²) in [6.07, 6.45) is 3.69. The molecule has 0 spiro atoms. The number of carbonyl (C=O) groups excluding carboxylic acids is 1. The van der Waals surface area contributed by atoms with Crippen LogP contribution in [0.5, 0.6) is 5.75 Å². The van der Waals surface area contributed by atoms with Crippen LogP contribution in [0, 0.1) is 0 Å². The number of hydrogen-bond donors (Lipinski definition) is 0. The van der Waals surface area contributed by atoms with Crippen LogP contribution >= 0.6 is 0 Å². The Kier molecular flexibility index (Phi) is 6.01. The van der Waals surface area contributed by atoms with Gasteiger partial charge < -0.3 is 9.53 Å². The summed E-state index contributed by atoms with van der Waals surface area (Å²) in [5.41, 5.74) is 2.32. The normalized spacial score (nSPS) is 11.9. The first-order valence-electron chi connectivity index (χ1n) is 7.56. The molecule has 0 bridgehead atoms. The Morgan fingerprint density at radius 1 is 1.00 bits per heavy atom. The van der Waals surface area contributed by atoms with Crippen LogP contribution in [-0.4, -0.2) is 12.9 Å². The molecular formula is C19H22O2. The van der Waals surface area contributed by atoms with Crippen LogP contribution in [0.15, 0.2) is 54.6 Å². The van der Waals surface area contributed by atoms with E-state index in [4.69, 9.17) is 4.74 Å². The van der Waals surface area contributed by atoms with E-state index in [2.05, 4.69) is 31.2 Å². The van der Waals surface area contributed by atoms with Crippen LogP contribution in [0.4, 0.5) is 0 Å². The fraction of sp³-hybridized carbons (Fsp3) is 0.316. The van der Waals surface area contributed by atoms with Crippen molar-refractivity contribution in [3.8, 4) is 5.75 Å². The molecule has 2 heteroatoms. The summed E-state index contributed by atoms with van der Waals surface area (Å²) in [4.78, 5) is 11.0. The van der Waals surface area contributed by atoms with Gasteiger partial charge in [0.25, 0.3) is 0 Å². The molecule has 1 unspecified atom stereocenters. The average molecular weight is 282 g/mol. The number of ether oxygens (including phenoxy) is 1. The number of carbonyl (C=O) groups is 1. The van der Waals surface area contributed by atoms with E-state index in [-0.39, 0.29) is 5.92 Å². The Morgan fingerprint density at radius 3 is 2.29 bits per heavy atom. The van der Waals surface area contributed by atoms with Gasteiger partial charge in [0, 0.05) is 12.3 Å². The van der Waals surface area contributed by atoms with Gasteiger partial charge >= 0.3 is 0 Å². The molecule has 0 aliphatic heterocycles. The lowest BCUT2D eigenvalue weighted by atomic mass is 9.89. The summed E-state index contributed by atoms with van der Waals surface area (Å²) < 4.78 is 5.68. The van der Waals surface area contributed by atoms with Crippen LogP contribution in [0.3, 0.4) is 0 Å². The maximum atomic E-state index is 11.0. The van der Waals surface area contributed by atoms with Crippen molar-refractivity contribution in [2.45, 2.75) is 32.1 Å². The molecule has 2 nitrogen and oxygen atoms in total. The molecule has 1 atom stereocenters. The molecule has 0 radical (unpaired) electrons. The zero-order valence-corrected chi connectivity index (χ0v) is 12.5. The van der Waals surface area contributed by atoms with E-state index in [1.165, 1.54) is 5.56 Å². The van der Waals surface area contributed by atoms with Crippen molar-refractivity contribution >= 4 is 6.29 Å². The Morgan fingerprint density at radius 2 is 1.67 bits per heavy atom. The van der Waals surface area contributed by atoms with Crippen molar-refractivity contribution in [3.63, 3.8) is 0 Å².